The summed E-state index contributed by atoms with van der Waals surface area (Å²) in [5, 5.41) is 10.0. The molecule has 4 nitrogen and oxygen atoms in total. The first kappa shape index (κ1) is 12.9. The van der Waals surface area contributed by atoms with Gasteiger partial charge in [-0.3, -0.25) is 4.98 Å². The van der Waals surface area contributed by atoms with Gasteiger partial charge in [-0.05, 0) is 46.6 Å². The fourth-order valence-corrected chi connectivity index (χ4v) is 2.24. The van der Waals surface area contributed by atoms with E-state index >= 15 is 0 Å². The molecule has 2 fully saturated rings. The molecule has 102 valence electrons. The molecule has 2 aliphatic rings. The van der Waals surface area contributed by atoms with Crippen LogP contribution in [0.2, 0.25) is 0 Å². The summed E-state index contributed by atoms with van der Waals surface area (Å²) in [5.74, 6) is 0.685. The van der Waals surface area contributed by atoms with Gasteiger partial charge in [0.1, 0.15) is 5.75 Å². The summed E-state index contributed by atoms with van der Waals surface area (Å²) in [4.78, 5) is 4.28. The Morgan fingerprint density at radius 2 is 1.79 bits per heavy atom. The van der Waals surface area contributed by atoms with Crippen molar-refractivity contribution < 1.29 is 14.4 Å². The maximum atomic E-state index is 10.0. The number of pyridine rings is 1. The molecule has 1 aromatic rings. The lowest BCUT2D eigenvalue weighted by atomic mass is 9.78. The van der Waals surface area contributed by atoms with Crippen LogP contribution in [0.3, 0.4) is 0 Å². The highest BCUT2D eigenvalue weighted by atomic mass is 16.7. The summed E-state index contributed by atoms with van der Waals surface area (Å²) in [6, 6.07) is 1.93. The zero-order valence-corrected chi connectivity index (χ0v) is 11.9. The van der Waals surface area contributed by atoms with Crippen molar-refractivity contribution in [2.75, 3.05) is 0 Å². The Labute approximate surface area is 114 Å². The SMILES string of the molecule is CC1(C)OB(c2cc(C3CC3)ncc2O)OC1(C)C. The molecule has 3 rings (SSSR count). The molecule has 1 saturated carbocycles. The van der Waals surface area contributed by atoms with E-state index in [4.69, 9.17) is 9.31 Å². The quantitative estimate of drug-likeness (QED) is 0.827. The van der Waals surface area contributed by atoms with Gasteiger partial charge in [0.15, 0.2) is 0 Å². The van der Waals surface area contributed by atoms with Crippen molar-refractivity contribution in [3.63, 3.8) is 0 Å². The van der Waals surface area contributed by atoms with Crippen molar-refractivity contribution in [1.29, 1.82) is 0 Å². The van der Waals surface area contributed by atoms with Crippen LogP contribution in [0.4, 0.5) is 0 Å². The predicted octanol–water partition coefficient (Wildman–Crippen LogP) is 1.96. The van der Waals surface area contributed by atoms with Crippen LogP contribution in [0.5, 0.6) is 5.75 Å². The maximum absolute atomic E-state index is 10.0. The molecule has 19 heavy (non-hydrogen) atoms. The van der Waals surface area contributed by atoms with Gasteiger partial charge in [0, 0.05) is 17.1 Å². The minimum Gasteiger partial charge on any atom is -0.507 e. The number of nitrogens with zero attached hydrogens (tertiary/aromatic N) is 1. The van der Waals surface area contributed by atoms with Crippen LogP contribution < -0.4 is 5.46 Å². The lowest BCUT2D eigenvalue weighted by Crippen LogP contribution is -2.41. The average molecular weight is 261 g/mol. The zero-order chi connectivity index (χ0) is 13.8. The lowest BCUT2D eigenvalue weighted by Gasteiger charge is -2.32. The smallest absolute Gasteiger partial charge is 0.498 e. The molecule has 0 bridgehead atoms. The van der Waals surface area contributed by atoms with E-state index in [1.807, 2.05) is 33.8 Å². The molecule has 5 heteroatoms. The van der Waals surface area contributed by atoms with Crippen LogP contribution >= 0.6 is 0 Å². The molecule has 1 saturated heterocycles. The molecular formula is C14H20BNO3. The standard InChI is InChI=1S/C14H20BNO3/c1-13(2)14(3,4)19-15(18-13)10-7-11(9-5-6-9)16-8-12(10)17/h7-9,17H,5-6H2,1-4H3. The maximum Gasteiger partial charge on any atom is 0.498 e. The molecule has 1 aromatic heterocycles. The summed E-state index contributed by atoms with van der Waals surface area (Å²) in [6.07, 6.45) is 3.87. The van der Waals surface area contributed by atoms with Crippen LogP contribution in [0.25, 0.3) is 0 Å². The third-order valence-electron chi connectivity index (χ3n) is 4.44. The second-order valence-electron chi connectivity index (χ2n) is 6.53. The molecule has 2 heterocycles. The van der Waals surface area contributed by atoms with Gasteiger partial charge in [-0.25, -0.2) is 0 Å². The van der Waals surface area contributed by atoms with Gasteiger partial charge < -0.3 is 14.4 Å². The third-order valence-corrected chi connectivity index (χ3v) is 4.44. The van der Waals surface area contributed by atoms with Crippen molar-refractivity contribution >= 4 is 12.6 Å². The topological polar surface area (TPSA) is 51.6 Å². The molecule has 0 aromatic carbocycles. The third kappa shape index (κ3) is 2.15. The molecule has 0 unspecified atom stereocenters. The normalized spacial score (nSPS) is 24.7. The molecule has 0 radical (unpaired) electrons. The Kier molecular flexibility index (Phi) is 2.70. The summed E-state index contributed by atoms with van der Waals surface area (Å²) in [5.41, 5.74) is 0.929. The van der Waals surface area contributed by atoms with E-state index in [1.165, 1.54) is 19.0 Å². The van der Waals surface area contributed by atoms with Crippen molar-refractivity contribution in [2.45, 2.75) is 57.7 Å². The van der Waals surface area contributed by atoms with Crippen LogP contribution in [0.15, 0.2) is 12.3 Å². The Morgan fingerprint density at radius 3 is 2.32 bits per heavy atom. The van der Waals surface area contributed by atoms with E-state index in [0.29, 0.717) is 11.4 Å². The van der Waals surface area contributed by atoms with E-state index < -0.39 is 18.3 Å². The first-order chi connectivity index (χ1) is 8.80. The fourth-order valence-electron chi connectivity index (χ4n) is 2.24. The van der Waals surface area contributed by atoms with Gasteiger partial charge in [-0.1, -0.05) is 0 Å². The van der Waals surface area contributed by atoms with E-state index in [2.05, 4.69) is 4.98 Å². The lowest BCUT2D eigenvalue weighted by molar-refractivity contribution is 0.00578. The van der Waals surface area contributed by atoms with Crippen molar-refractivity contribution in [3.05, 3.63) is 18.0 Å². The van der Waals surface area contributed by atoms with Crippen molar-refractivity contribution in [2.24, 2.45) is 0 Å². The molecule has 0 amide bonds. The number of hydrogen-bond donors (Lipinski definition) is 1. The van der Waals surface area contributed by atoms with Crippen molar-refractivity contribution in [3.8, 4) is 5.75 Å². The van der Waals surface area contributed by atoms with Gasteiger partial charge >= 0.3 is 7.12 Å². The van der Waals surface area contributed by atoms with Gasteiger partial charge in [-0.15, -0.1) is 0 Å². The van der Waals surface area contributed by atoms with Crippen molar-refractivity contribution in [1.82, 2.24) is 4.98 Å². The average Bonchev–Trinajstić information content (AvgIpc) is 3.08. The van der Waals surface area contributed by atoms with Gasteiger partial charge in [0.2, 0.25) is 0 Å². The second-order valence-corrected chi connectivity index (χ2v) is 6.53. The molecule has 1 aliphatic carbocycles. The summed E-state index contributed by atoms with van der Waals surface area (Å²) in [6.45, 7) is 8.03. The molecule has 1 N–H and O–H groups in total. The van der Waals surface area contributed by atoms with E-state index in [-0.39, 0.29) is 5.75 Å². The fraction of sp³-hybridized carbons (Fsp3) is 0.643. The summed E-state index contributed by atoms with van der Waals surface area (Å²) < 4.78 is 12.0. The molecular weight excluding hydrogens is 241 g/mol. The highest BCUT2D eigenvalue weighted by Crippen LogP contribution is 2.40. The second kappa shape index (κ2) is 3.96. The highest BCUT2D eigenvalue weighted by Gasteiger charge is 2.52. The number of rotatable bonds is 2. The summed E-state index contributed by atoms with van der Waals surface area (Å²) in [7, 11) is -0.523. The van der Waals surface area contributed by atoms with Gasteiger partial charge in [0.25, 0.3) is 0 Å². The Balaban J connectivity index is 1.92. The number of aromatic nitrogens is 1. The van der Waals surface area contributed by atoms with Crippen LogP contribution in [-0.4, -0.2) is 28.4 Å². The minimum atomic E-state index is -0.523. The summed E-state index contributed by atoms with van der Waals surface area (Å²) >= 11 is 0. The Hall–Kier alpha value is -1.07. The van der Waals surface area contributed by atoms with Crippen LogP contribution in [-0.2, 0) is 9.31 Å². The van der Waals surface area contributed by atoms with Gasteiger partial charge in [-0.2, -0.15) is 0 Å². The highest BCUT2D eigenvalue weighted by molar-refractivity contribution is 6.63. The molecule has 0 spiro atoms. The number of hydrogen-bond acceptors (Lipinski definition) is 4. The monoisotopic (exact) mass is 261 g/mol. The molecule has 0 atom stereocenters. The Bertz CT molecular complexity index is 495. The zero-order valence-electron chi connectivity index (χ0n) is 11.9. The first-order valence-electron chi connectivity index (χ1n) is 6.84. The van der Waals surface area contributed by atoms with E-state index in [9.17, 15) is 5.11 Å². The largest absolute Gasteiger partial charge is 0.507 e. The molecule has 1 aliphatic heterocycles. The number of aromatic hydroxyl groups is 1. The predicted molar refractivity (Wildman–Crippen MR) is 73.6 cm³/mol. The van der Waals surface area contributed by atoms with E-state index in [0.717, 1.165) is 5.69 Å². The van der Waals surface area contributed by atoms with E-state index in [1.54, 1.807) is 0 Å². The minimum absolute atomic E-state index is 0.142. The van der Waals surface area contributed by atoms with Crippen LogP contribution in [0, 0.1) is 0 Å². The van der Waals surface area contributed by atoms with Gasteiger partial charge in [0.05, 0.1) is 17.4 Å². The first-order valence-corrected chi connectivity index (χ1v) is 6.84. The Morgan fingerprint density at radius 1 is 1.21 bits per heavy atom. The van der Waals surface area contributed by atoms with Crippen LogP contribution in [0.1, 0.15) is 52.1 Å².